The van der Waals surface area contributed by atoms with Crippen LogP contribution in [0, 0.1) is 0 Å². The van der Waals surface area contributed by atoms with Crippen molar-refractivity contribution in [1.29, 1.82) is 0 Å². The highest BCUT2D eigenvalue weighted by molar-refractivity contribution is 5.86. The molecule has 0 aromatic heterocycles. The fourth-order valence-corrected chi connectivity index (χ4v) is 2.99. The first-order valence-electron chi connectivity index (χ1n) is 8.56. The minimum Gasteiger partial charge on any atom is -0.368 e. The van der Waals surface area contributed by atoms with Crippen molar-refractivity contribution in [3.63, 3.8) is 0 Å². The van der Waals surface area contributed by atoms with Crippen LogP contribution in [-0.4, -0.2) is 55.5 Å². The van der Waals surface area contributed by atoms with Crippen molar-refractivity contribution in [3.05, 3.63) is 48.0 Å². The molecule has 142 valence electrons. The fourth-order valence-electron chi connectivity index (χ4n) is 2.99. The molecule has 7 heteroatoms. The Morgan fingerprint density at radius 3 is 2.69 bits per heavy atom. The second kappa shape index (κ2) is 7.85. The smallest absolute Gasteiger partial charge is 0.269 e. The zero-order chi connectivity index (χ0) is 18.7. The summed E-state index contributed by atoms with van der Waals surface area (Å²) < 4.78 is 23.7. The van der Waals surface area contributed by atoms with Crippen LogP contribution in [0.3, 0.4) is 0 Å². The van der Waals surface area contributed by atoms with Gasteiger partial charge < -0.3 is 18.9 Å². The summed E-state index contributed by atoms with van der Waals surface area (Å²) in [6.07, 6.45) is 1.32. The Balaban J connectivity index is 1.70. The Morgan fingerprint density at radius 1 is 1.27 bits per heavy atom. The number of hydrogen-bond acceptors (Lipinski definition) is 6. The van der Waals surface area contributed by atoms with E-state index in [2.05, 4.69) is 0 Å². The van der Waals surface area contributed by atoms with Crippen molar-refractivity contribution in [2.75, 3.05) is 14.2 Å². The van der Waals surface area contributed by atoms with E-state index in [4.69, 9.17) is 23.8 Å². The zero-order valence-electron chi connectivity index (χ0n) is 15.5. The van der Waals surface area contributed by atoms with Crippen LogP contribution in [-0.2, 0) is 35.2 Å². The number of hydroxylamine groups is 2. The number of rotatable bonds is 6. The molecule has 2 heterocycles. The van der Waals surface area contributed by atoms with Crippen LogP contribution in [0.25, 0.3) is 0 Å². The summed E-state index contributed by atoms with van der Waals surface area (Å²) in [6, 6.07) is 9.86. The molecule has 0 radical (unpaired) electrons. The molecule has 0 aliphatic carbocycles. The van der Waals surface area contributed by atoms with Crippen LogP contribution in [0.15, 0.2) is 42.5 Å². The van der Waals surface area contributed by atoms with E-state index < -0.39 is 18.2 Å². The van der Waals surface area contributed by atoms with E-state index in [1.54, 1.807) is 6.08 Å². The number of carbonyl (C=O) groups is 1. The third kappa shape index (κ3) is 4.31. The van der Waals surface area contributed by atoms with E-state index in [9.17, 15) is 4.79 Å². The molecule has 0 bridgehead atoms. The van der Waals surface area contributed by atoms with Gasteiger partial charge >= 0.3 is 0 Å². The lowest BCUT2D eigenvalue weighted by molar-refractivity contribution is -0.213. The van der Waals surface area contributed by atoms with E-state index >= 15 is 0 Å². The zero-order valence-corrected chi connectivity index (χ0v) is 15.5. The fraction of sp³-hybridized carbons (Fsp3) is 0.526. The standard InChI is InChI=1S/C19H25NO6/c1-19(2)25-17-16(23-12-13-8-6-5-7-9-13)14(24-18(17)26-19)10-11-15(21)20(3)22-4/h5-11,14,16-18H,12H2,1-4H3/b11-10+/t14-,16+,17-,18-/m1/s1. The summed E-state index contributed by atoms with van der Waals surface area (Å²) in [5.74, 6) is -1.03. The summed E-state index contributed by atoms with van der Waals surface area (Å²) in [4.78, 5) is 16.8. The van der Waals surface area contributed by atoms with Gasteiger partial charge in [-0.15, -0.1) is 0 Å². The normalized spacial score (nSPS) is 29.8. The lowest BCUT2D eigenvalue weighted by Crippen LogP contribution is -2.36. The van der Waals surface area contributed by atoms with Crippen LogP contribution >= 0.6 is 0 Å². The lowest BCUT2D eigenvalue weighted by atomic mass is 10.1. The SMILES string of the molecule is CON(C)C(=O)/C=C/[C@H]1O[C@@H]2OC(C)(C)O[C@@H]2[C@H]1OCc1ccccc1. The Hall–Kier alpha value is -1.77. The molecule has 7 nitrogen and oxygen atoms in total. The molecule has 4 atom stereocenters. The molecular weight excluding hydrogens is 338 g/mol. The number of fused-ring (bicyclic) bond motifs is 1. The third-order valence-corrected chi connectivity index (χ3v) is 4.32. The Bertz CT molecular complexity index is 647. The van der Waals surface area contributed by atoms with Crippen molar-refractivity contribution in [3.8, 4) is 0 Å². The second-order valence-electron chi connectivity index (χ2n) is 6.71. The van der Waals surface area contributed by atoms with E-state index in [-0.39, 0.29) is 18.1 Å². The maximum Gasteiger partial charge on any atom is 0.269 e. The molecule has 1 amide bonds. The van der Waals surface area contributed by atoms with Gasteiger partial charge in [0.1, 0.15) is 18.3 Å². The summed E-state index contributed by atoms with van der Waals surface area (Å²) in [5, 5.41) is 1.13. The maximum absolute atomic E-state index is 11.9. The van der Waals surface area contributed by atoms with Crippen molar-refractivity contribution >= 4 is 5.91 Å². The number of benzene rings is 1. The molecule has 1 aromatic carbocycles. The Labute approximate surface area is 153 Å². The van der Waals surface area contributed by atoms with E-state index in [1.807, 2.05) is 44.2 Å². The number of carbonyl (C=O) groups excluding carboxylic acids is 1. The second-order valence-corrected chi connectivity index (χ2v) is 6.71. The average molecular weight is 363 g/mol. The van der Waals surface area contributed by atoms with Crippen molar-refractivity contribution in [2.45, 2.75) is 50.8 Å². The van der Waals surface area contributed by atoms with Crippen LogP contribution in [0.5, 0.6) is 0 Å². The first-order chi connectivity index (χ1) is 12.4. The van der Waals surface area contributed by atoms with Gasteiger partial charge in [-0.3, -0.25) is 9.63 Å². The molecule has 2 aliphatic heterocycles. The van der Waals surface area contributed by atoms with Gasteiger partial charge in [0.15, 0.2) is 12.1 Å². The molecule has 3 rings (SSSR count). The largest absolute Gasteiger partial charge is 0.368 e. The predicted octanol–water partition coefficient (Wildman–Crippen LogP) is 2.02. The molecule has 1 aromatic rings. The van der Waals surface area contributed by atoms with Crippen LogP contribution in [0.1, 0.15) is 19.4 Å². The van der Waals surface area contributed by atoms with Crippen LogP contribution in [0.2, 0.25) is 0 Å². The summed E-state index contributed by atoms with van der Waals surface area (Å²) in [7, 11) is 2.97. The molecule has 0 spiro atoms. The van der Waals surface area contributed by atoms with Gasteiger partial charge in [-0.25, -0.2) is 5.06 Å². The highest BCUT2D eigenvalue weighted by Gasteiger charge is 2.54. The van der Waals surface area contributed by atoms with Gasteiger partial charge in [0.05, 0.1) is 13.7 Å². The van der Waals surface area contributed by atoms with E-state index in [0.29, 0.717) is 6.61 Å². The van der Waals surface area contributed by atoms with Gasteiger partial charge in [0.25, 0.3) is 5.91 Å². The van der Waals surface area contributed by atoms with Gasteiger partial charge in [-0.2, -0.15) is 0 Å². The lowest BCUT2D eigenvalue weighted by Gasteiger charge is -2.24. The quantitative estimate of drug-likeness (QED) is 0.569. The number of nitrogens with zero attached hydrogens (tertiary/aromatic N) is 1. The third-order valence-electron chi connectivity index (χ3n) is 4.32. The first kappa shape index (κ1) is 19.0. The topological polar surface area (TPSA) is 66.5 Å². The van der Waals surface area contributed by atoms with Gasteiger partial charge in [-0.05, 0) is 25.5 Å². The highest BCUT2D eigenvalue weighted by atomic mass is 16.8. The molecule has 0 N–H and O–H groups in total. The van der Waals surface area contributed by atoms with Crippen molar-refractivity contribution in [2.24, 2.45) is 0 Å². The Kier molecular flexibility index (Phi) is 5.74. The van der Waals surface area contributed by atoms with E-state index in [0.717, 1.165) is 10.6 Å². The molecule has 2 fully saturated rings. The van der Waals surface area contributed by atoms with Crippen molar-refractivity contribution < 1.29 is 28.6 Å². The van der Waals surface area contributed by atoms with Gasteiger partial charge in [-0.1, -0.05) is 30.3 Å². The molecule has 2 saturated heterocycles. The first-order valence-corrected chi connectivity index (χ1v) is 8.56. The average Bonchev–Trinajstić information content (AvgIpc) is 3.09. The van der Waals surface area contributed by atoms with Crippen LogP contribution in [0.4, 0.5) is 0 Å². The summed E-state index contributed by atoms with van der Waals surface area (Å²) in [5.41, 5.74) is 1.05. The molecule has 0 unspecified atom stereocenters. The highest BCUT2D eigenvalue weighted by Crippen LogP contribution is 2.39. The number of likely N-dealkylation sites (N-methyl/N-ethyl adjacent to an activating group) is 1. The predicted molar refractivity (Wildman–Crippen MR) is 92.6 cm³/mol. The number of amides is 1. The minimum atomic E-state index is -0.732. The minimum absolute atomic E-state index is 0.294. The summed E-state index contributed by atoms with van der Waals surface area (Å²) in [6.45, 7) is 4.09. The van der Waals surface area contributed by atoms with Crippen LogP contribution < -0.4 is 0 Å². The molecule has 26 heavy (non-hydrogen) atoms. The van der Waals surface area contributed by atoms with Gasteiger partial charge in [0.2, 0.25) is 0 Å². The van der Waals surface area contributed by atoms with Crippen molar-refractivity contribution in [1.82, 2.24) is 5.06 Å². The maximum atomic E-state index is 11.9. The number of ether oxygens (including phenoxy) is 4. The molecule has 2 aliphatic rings. The summed E-state index contributed by atoms with van der Waals surface area (Å²) >= 11 is 0. The molecular formula is C19H25NO6. The number of hydrogen-bond donors (Lipinski definition) is 0. The monoisotopic (exact) mass is 363 g/mol. The molecule has 0 saturated carbocycles. The Morgan fingerprint density at radius 2 is 2.00 bits per heavy atom. The van der Waals surface area contributed by atoms with E-state index in [1.165, 1.54) is 20.2 Å². The van der Waals surface area contributed by atoms with Gasteiger partial charge in [0, 0.05) is 13.1 Å².